The van der Waals surface area contributed by atoms with E-state index in [1.807, 2.05) is 0 Å². The number of ether oxygens (including phenoxy) is 4. The van der Waals surface area contributed by atoms with Gasteiger partial charge in [-0.2, -0.15) is 0 Å². The zero-order valence-corrected chi connectivity index (χ0v) is 15.2. The fourth-order valence-electron chi connectivity index (χ4n) is 4.20. The van der Waals surface area contributed by atoms with E-state index in [4.69, 9.17) is 18.9 Å². The van der Waals surface area contributed by atoms with Crippen LogP contribution in [0.15, 0.2) is 0 Å². The second-order valence-electron chi connectivity index (χ2n) is 6.68. The van der Waals surface area contributed by atoms with Crippen LogP contribution < -0.4 is 0 Å². The van der Waals surface area contributed by atoms with E-state index in [1.54, 1.807) is 12.0 Å². The molecule has 2 fully saturated rings. The van der Waals surface area contributed by atoms with Crippen molar-refractivity contribution in [2.75, 3.05) is 33.9 Å². The molecule has 2 rings (SSSR count). The Hall–Kier alpha value is -1.83. The molecule has 1 saturated carbocycles. The van der Waals surface area contributed by atoms with E-state index in [0.717, 1.165) is 6.42 Å². The minimum absolute atomic E-state index is 0.0863. The maximum Gasteiger partial charge on any atom is 0.409 e. The average molecular weight is 357 g/mol. The molecule has 0 aromatic heterocycles. The lowest BCUT2D eigenvalue weighted by Gasteiger charge is -2.49. The van der Waals surface area contributed by atoms with Gasteiger partial charge in [-0.25, -0.2) is 4.79 Å². The Kier molecular flexibility index (Phi) is 6.64. The van der Waals surface area contributed by atoms with Crippen LogP contribution in [0.5, 0.6) is 0 Å². The van der Waals surface area contributed by atoms with Crippen molar-refractivity contribution in [3.8, 4) is 0 Å². The van der Waals surface area contributed by atoms with Crippen molar-refractivity contribution in [2.45, 2.75) is 38.9 Å². The van der Waals surface area contributed by atoms with Gasteiger partial charge in [-0.05, 0) is 24.7 Å². The Morgan fingerprint density at radius 2 is 1.84 bits per heavy atom. The zero-order chi connectivity index (χ0) is 18.6. The fraction of sp³-hybridized carbons (Fsp3) is 0.824. The van der Waals surface area contributed by atoms with Gasteiger partial charge in [0.15, 0.2) is 0 Å². The average Bonchev–Trinajstić information content (AvgIpc) is 2.57. The highest BCUT2D eigenvalue weighted by Crippen LogP contribution is 2.43. The second-order valence-corrected chi connectivity index (χ2v) is 6.68. The predicted octanol–water partition coefficient (Wildman–Crippen LogP) is 1.22. The standard InChI is InChI=1S/C17H27NO7/c1-10(19)24-9-14-13-5-6-18(17(21)23-4)8-12(13)7-15(16(14)22-3)25-11(2)20/h12-16H,5-9H2,1-4H3/t12-,13+,14+,15-,16-/m1/s1. The van der Waals surface area contributed by atoms with E-state index in [9.17, 15) is 14.4 Å². The summed E-state index contributed by atoms with van der Waals surface area (Å²) < 4.78 is 21.1. The molecular formula is C17H27NO7. The summed E-state index contributed by atoms with van der Waals surface area (Å²) in [5, 5.41) is 0. The van der Waals surface area contributed by atoms with Gasteiger partial charge in [0.2, 0.25) is 0 Å². The summed E-state index contributed by atoms with van der Waals surface area (Å²) in [6.07, 6.45) is 0.245. The highest BCUT2D eigenvalue weighted by Gasteiger charge is 2.49. The number of nitrogens with zero attached hydrogens (tertiary/aromatic N) is 1. The van der Waals surface area contributed by atoms with E-state index in [-0.39, 0.29) is 48.5 Å². The molecule has 0 N–H and O–H groups in total. The van der Waals surface area contributed by atoms with E-state index < -0.39 is 6.10 Å². The lowest BCUT2D eigenvalue weighted by Crippen LogP contribution is -2.56. The van der Waals surface area contributed by atoms with E-state index in [2.05, 4.69) is 0 Å². The lowest BCUT2D eigenvalue weighted by molar-refractivity contribution is -0.179. The topological polar surface area (TPSA) is 91.4 Å². The third-order valence-corrected chi connectivity index (χ3v) is 5.17. The number of piperidine rings is 1. The molecule has 1 aliphatic heterocycles. The number of esters is 2. The van der Waals surface area contributed by atoms with E-state index >= 15 is 0 Å². The van der Waals surface area contributed by atoms with Crippen molar-refractivity contribution in [2.24, 2.45) is 17.8 Å². The van der Waals surface area contributed by atoms with E-state index in [1.165, 1.54) is 21.0 Å². The third-order valence-electron chi connectivity index (χ3n) is 5.17. The van der Waals surface area contributed by atoms with Gasteiger partial charge < -0.3 is 23.8 Å². The van der Waals surface area contributed by atoms with Gasteiger partial charge in [0.25, 0.3) is 0 Å². The molecule has 1 saturated heterocycles. The van der Waals surface area contributed by atoms with Gasteiger partial charge >= 0.3 is 18.0 Å². The number of carbonyl (C=O) groups excluding carboxylic acids is 3. The van der Waals surface area contributed by atoms with Crippen molar-refractivity contribution in [3.63, 3.8) is 0 Å². The van der Waals surface area contributed by atoms with E-state index in [0.29, 0.717) is 19.5 Å². The number of methoxy groups -OCH3 is 2. The third kappa shape index (κ3) is 4.62. The maximum absolute atomic E-state index is 11.8. The summed E-state index contributed by atoms with van der Waals surface area (Å²) in [5.41, 5.74) is 0. The number of hydrogen-bond donors (Lipinski definition) is 0. The summed E-state index contributed by atoms with van der Waals surface area (Å²) in [6, 6.07) is 0. The van der Waals surface area contributed by atoms with Gasteiger partial charge in [-0.3, -0.25) is 9.59 Å². The molecule has 142 valence electrons. The Balaban J connectivity index is 2.20. The van der Waals surface area contributed by atoms with Crippen LogP contribution >= 0.6 is 0 Å². The molecule has 8 heteroatoms. The zero-order valence-electron chi connectivity index (χ0n) is 15.2. The minimum Gasteiger partial charge on any atom is -0.465 e. The fourth-order valence-corrected chi connectivity index (χ4v) is 4.20. The molecule has 5 atom stereocenters. The SMILES string of the molecule is COC(=O)N1CC[C@H]2[C@H](C[C@@H](OC(C)=O)[C@H](OC)[C@H]2COC(C)=O)C1. The number of fused-ring (bicyclic) bond motifs is 1. The quantitative estimate of drug-likeness (QED) is 0.552. The van der Waals surface area contributed by atoms with Gasteiger partial charge in [-0.1, -0.05) is 0 Å². The summed E-state index contributed by atoms with van der Waals surface area (Å²) in [6.45, 7) is 4.05. The molecule has 1 amide bonds. The largest absolute Gasteiger partial charge is 0.465 e. The monoisotopic (exact) mass is 357 g/mol. The smallest absolute Gasteiger partial charge is 0.409 e. The highest BCUT2D eigenvalue weighted by molar-refractivity contribution is 5.67. The first-order valence-electron chi connectivity index (χ1n) is 8.53. The van der Waals surface area contributed by atoms with Crippen LogP contribution in [-0.2, 0) is 28.5 Å². The summed E-state index contributed by atoms with van der Waals surface area (Å²) >= 11 is 0. The van der Waals surface area contributed by atoms with Crippen LogP contribution in [0.1, 0.15) is 26.7 Å². The van der Waals surface area contributed by atoms with Crippen LogP contribution in [0.25, 0.3) is 0 Å². The molecule has 8 nitrogen and oxygen atoms in total. The molecule has 1 heterocycles. The first kappa shape index (κ1) is 19.5. The molecule has 1 aliphatic carbocycles. The second kappa shape index (κ2) is 8.51. The Labute approximate surface area is 147 Å². The molecule has 25 heavy (non-hydrogen) atoms. The van der Waals surface area contributed by atoms with Crippen molar-refractivity contribution < 1.29 is 33.3 Å². The van der Waals surface area contributed by atoms with Gasteiger partial charge in [0.1, 0.15) is 12.2 Å². The number of carbonyl (C=O) groups is 3. The minimum atomic E-state index is -0.429. The summed E-state index contributed by atoms with van der Waals surface area (Å²) in [7, 11) is 2.94. The Bertz CT molecular complexity index is 509. The first-order valence-corrected chi connectivity index (χ1v) is 8.53. The number of likely N-dealkylation sites (tertiary alicyclic amines) is 1. The van der Waals surface area contributed by atoms with Crippen LogP contribution in [-0.4, -0.2) is 69.1 Å². The van der Waals surface area contributed by atoms with Crippen LogP contribution in [0.3, 0.4) is 0 Å². The van der Waals surface area contributed by atoms with Crippen LogP contribution in [0, 0.1) is 17.8 Å². The number of hydrogen-bond acceptors (Lipinski definition) is 7. The van der Waals surface area contributed by atoms with Gasteiger partial charge in [0, 0.05) is 40.0 Å². The lowest BCUT2D eigenvalue weighted by atomic mass is 9.66. The molecule has 0 bridgehead atoms. The maximum atomic E-state index is 11.8. The summed E-state index contributed by atoms with van der Waals surface area (Å²) in [5.74, 6) is -0.469. The molecule has 0 unspecified atom stereocenters. The molecule has 0 aromatic rings. The number of amides is 1. The first-order chi connectivity index (χ1) is 11.9. The molecule has 0 radical (unpaired) electrons. The van der Waals surface area contributed by atoms with Crippen LogP contribution in [0.2, 0.25) is 0 Å². The number of rotatable bonds is 4. The van der Waals surface area contributed by atoms with Crippen molar-refractivity contribution in [3.05, 3.63) is 0 Å². The predicted molar refractivity (Wildman–Crippen MR) is 86.7 cm³/mol. The summed E-state index contributed by atoms with van der Waals surface area (Å²) in [4.78, 5) is 36.3. The highest BCUT2D eigenvalue weighted by atomic mass is 16.6. The van der Waals surface area contributed by atoms with Crippen molar-refractivity contribution >= 4 is 18.0 Å². The van der Waals surface area contributed by atoms with Gasteiger partial charge in [0.05, 0.1) is 13.7 Å². The molecule has 0 spiro atoms. The molecular weight excluding hydrogens is 330 g/mol. The van der Waals surface area contributed by atoms with Gasteiger partial charge in [-0.15, -0.1) is 0 Å². The molecule has 2 aliphatic rings. The normalized spacial score (nSPS) is 31.7. The van der Waals surface area contributed by atoms with Crippen molar-refractivity contribution in [1.29, 1.82) is 0 Å². The van der Waals surface area contributed by atoms with Crippen molar-refractivity contribution in [1.82, 2.24) is 4.90 Å². The Morgan fingerprint density at radius 3 is 2.40 bits per heavy atom. The molecule has 0 aromatic carbocycles. The van der Waals surface area contributed by atoms with Crippen LogP contribution in [0.4, 0.5) is 4.79 Å². The Morgan fingerprint density at radius 1 is 1.12 bits per heavy atom.